The predicted octanol–water partition coefficient (Wildman–Crippen LogP) is 2.60. The van der Waals surface area contributed by atoms with Gasteiger partial charge in [0, 0.05) is 5.92 Å². The van der Waals surface area contributed by atoms with E-state index in [1.807, 2.05) is 0 Å². The summed E-state index contributed by atoms with van der Waals surface area (Å²) >= 11 is 0. The summed E-state index contributed by atoms with van der Waals surface area (Å²) < 4.78 is 0. The number of rotatable bonds is 3. The second kappa shape index (κ2) is 5.51. The number of carbonyl (C=O) groups excluding carboxylic acids is 1. The van der Waals surface area contributed by atoms with Gasteiger partial charge in [0.25, 0.3) is 0 Å². The van der Waals surface area contributed by atoms with Crippen molar-refractivity contribution >= 4 is 11.9 Å². The first kappa shape index (κ1) is 14.1. The lowest BCUT2D eigenvalue weighted by Gasteiger charge is -2.17. The van der Waals surface area contributed by atoms with Crippen LogP contribution >= 0.6 is 0 Å². The third-order valence-corrected chi connectivity index (χ3v) is 4.85. The fourth-order valence-electron chi connectivity index (χ4n) is 3.63. The maximum Gasteiger partial charge on any atom is 0.306 e. The Labute approximate surface area is 124 Å². The largest absolute Gasteiger partial charge is 0.481 e. The van der Waals surface area contributed by atoms with Crippen molar-refractivity contribution in [3.63, 3.8) is 0 Å². The Morgan fingerprint density at radius 2 is 1.95 bits per heavy atom. The summed E-state index contributed by atoms with van der Waals surface area (Å²) in [4.78, 5) is 23.3. The Morgan fingerprint density at radius 1 is 1.19 bits per heavy atom. The Bertz CT molecular complexity index is 581. The van der Waals surface area contributed by atoms with E-state index >= 15 is 0 Å². The summed E-state index contributed by atoms with van der Waals surface area (Å²) in [5, 5.41) is 12.1. The van der Waals surface area contributed by atoms with E-state index in [2.05, 4.69) is 30.4 Å². The van der Waals surface area contributed by atoms with Crippen LogP contribution in [0.5, 0.6) is 0 Å². The molecule has 2 aliphatic rings. The molecule has 1 unspecified atom stereocenters. The van der Waals surface area contributed by atoms with Crippen molar-refractivity contribution in [3.05, 3.63) is 34.9 Å². The highest BCUT2D eigenvalue weighted by Gasteiger charge is 2.35. The van der Waals surface area contributed by atoms with Crippen LogP contribution < -0.4 is 5.32 Å². The number of amides is 1. The number of nitrogens with one attached hydrogen (secondary N) is 1. The maximum atomic E-state index is 12.3. The standard InChI is InChI=1S/C17H21NO3/c1-10-2-6-14-11(8-10)5-7-15(14)18-16(19)12-3-4-13(9-12)17(20)21/h2,6,8,12-13,15H,3-5,7,9H2,1H3,(H,18,19)(H,20,21)/t12-,13+,15?/m1/s1. The lowest BCUT2D eigenvalue weighted by Crippen LogP contribution is -2.32. The van der Waals surface area contributed by atoms with Crippen LogP contribution in [0.3, 0.4) is 0 Å². The van der Waals surface area contributed by atoms with Gasteiger partial charge in [-0.15, -0.1) is 0 Å². The van der Waals surface area contributed by atoms with Gasteiger partial charge in [0.15, 0.2) is 0 Å². The molecule has 2 N–H and O–H groups in total. The quantitative estimate of drug-likeness (QED) is 0.898. The van der Waals surface area contributed by atoms with Gasteiger partial charge in [0.05, 0.1) is 12.0 Å². The molecule has 0 saturated heterocycles. The Hall–Kier alpha value is -1.84. The number of carboxylic acids is 1. The summed E-state index contributed by atoms with van der Waals surface area (Å²) in [5.41, 5.74) is 3.80. The number of hydrogen-bond donors (Lipinski definition) is 2. The van der Waals surface area contributed by atoms with E-state index < -0.39 is 5.97 Å². The van der Waals surface area contributed by atoms with Crippen molar-refractivity contribution in [2.24, 2.45) is 11.8 Å². The maximum absolute atomic E-state index is 12.3. The predicted molar refractivity (Wildman–Crippen MR) is 78.9 cm³/mol. The van der Waals surface area contributed by atoms with Crippen LogP contribution in [0.15, 0.2) is 18.2 Å². The smallest absolute Gasteiger partial charge is 0.306 e. The topological polar surface area (TPSA) is 66.4 Å². The Morgan fingerprint density at radius 3 is 2.67 bits per heavy atom. The van der Waals surface area contributed by atoms with Gasteiger partial charge in [-0.25, -0.2) is 0 Å². The number of benzene rings is 1. The molecule has 21 heavy (non-hydrogen) atoms. The lowest BCUT2D eigenvalue weighted by atomic mass is 10.0. The Kier molecular flexibility index (Phi) is 3.70. The van der Waals surface area contributed by atoms with E-state index in [-0.39, 0.29) is 23.8 Å². The molecule has 1 amide bonds. The van der Waals surface area contributed by atoms with Crippen molar-refractivity contribution < 1.29 is 14.7 Å². The summed E-state index contributed by atoms with van der Waals surface area (Å²) in [6, 6.07) is 6.48. The highest BCUT2D eigenvalue weighted by molar-refractivity contribution is 5.81. The zero-order valence-corrected chi connectivity index (χ0v) is 12.3. The molecule has 4 heteroatoms. The summed E-state index contributed by atoms with van der Waals surface area (Å²) in [5.74, 6) is -1.23. The van der Waals surface area contributed by atoms with Gasteiger partial charge in [-0.2, -0.15) is 0 Å². The highest BCUT2D eigenvalue weighted by atomic mass is 16.4. The van der Waals surface area contributed by atoms with Crippen molar-refractivity contribution in [2.75, 3.05) is 0 Å². The van der Waals surface area contributed by atoms with Crippen molar-refractivity contribution in [3.8, 4) is 0 Å². The van der Waals surface area contributed by atoms with Crippen LogP contribution in [-0.4, -0.2) is 17.0 Å². The second-order valence-corrected chi connectivity index (χ2v) is 6.35. The first-order valence-corrected chi connectivity index (χ1v) is 7.67. The van der Waals surface area contributed by atoms with Gasteiger partial charge in [-0.1, -0.05) is 23.8 Å². The zero-order valence-electron chi connectivity index (χ0n) is 12.3. The van der Waals surface area contributed by atoms with Gasteiger partial charge in [0.1, 0.15) is 0 Å². The molecule has 1 saturated carbocycles. The molecule has 0 spiro atoms. The molecule has 0 aliphatic heterocycles. The SMILES string of the molecule is Cc1ccc2c(c1)CCC2NC(=O)[C@@H]1CC[C@H](C(=O)O)C1. The van der Waals surface area contributed by atoms with E-state index in [0.29, 0.717) is 19.3 Å². The molecule has 1 aromatic rings. The zero-order chi connectivity index (χ0) is 15.0. The number of hydrogen-bond acceptors (Lipinski definition) is 2. The third-order valence-electron chi connectivity index (χ3n) is 4.85. The van der Waals surface area contributed by atoms with Crippen LogP contribution in [0.4, 0.5) is 0 Å². The normalized spacial score (nSPS) is 27.4. The van der Waals surface area contributed by atoms with Crippen molar-refractivity contribution in [2.45, 2.75) is 45.1 Å². The average Bonchev–Trinajstić information content (AvgIpc) is 3.06. The number of aliphatic carboxylic acids is 1. The molecule has 112 valence electrons. The molecular weight excluding hydrogens is 266 g/mol. The van der Waals surface area contributed by atoms with E-state index in [1.165, 1.54) is 16.7 Å². The van der Waals surface area contributed by atoms with Crippen molar-refractivity contribution in [1.82, 2.24) is 5.32 Å². The summed E-state index contributed by atoms with van der Waals surface area (Å²) in [7, 11) is 0. The molecule has 1 fully saturated rings. The number of fused-ring (bicyclic) bond motifs is 1. The lowest BCUT2D eigenvalue weighted by molar-refractivity contribution is -0.141. The third kappa shape index (κ3) is 2.80. The molecule has 0 bridgehead atoms. The van der Waals surface area contributed by atoms with Gasteiger partial charge >= 0.3 is 5.97 Å². The average molecular weight is 287 g/mol. The molecule has 0 aromatic heterocycles. The second-order valence-electron chi connectivity index (χ2n) is 6.35. The first-order chi connectivity index (χ1) is 10.0. The number of carboxylic acid groups (broad SMARTS) is 1. The molecule has 2 aliphatic carbocycles. The van der Waals surface area contributed by atoms with Crippen LogP contribution in [0.1, 0.15) is 48.4 Å². The highest BCUT2D eigenvalue weighted by Crippen LogP contribution is 2.34. The van der Waals surface area contributed by atoms with Crippen LogP contribution in [0.25, 0.3) is 0 Å². The minimum Gasteiger partial charge on any atom is -0.481 e. The van der Waals surface area contributed by atoms with Crippen molar-refractivity contribution in [1.29, 1.82) is 0 Å². The van der Waals surface area contributed by atoms with E-state index in [9.17, 15) is 9.59 Å². The molecule has 1 aromatic carbocycles. The molecule has 3 atom stereocenters. The number of carbonyl (C=O) groups is 2. The minimum absolute atomic E-state index is 0.0252. The van der Waals surface area contributed by atoms with E-state index in [0.717, 1.165) is 12.8 Å². The van der Waals surface area contributed by atoms with Crippen LogP contribution in [-0.2, 0) is 16.0 Å². The number of aryl methyl sites for hydroxylation is 2. The molecule has 3 rings (SSSR count). The van der Waals surface area contributed by atoms with Gasteiger partial charge in [0.2, 0.25) is 5.91 Å². The molecule has 0 radical (unpaired) electrons. The molecule has 0 heterocycles. The fraction of sp³-hybridized carbons (Fsp3) is 0.529. The summed E-state index contributed by atoms with van der Waals surface area (Å²) in [6.07, 6.45) is 3.74. The van der Waals surface area contributed by atoms with Crippen LogP contribution in [0.2, 0.25) is 0 Å². The molecular formula is C17H21NO3. The minimum atomic E-state index is -0.771. The molecule has 4 nitrogen and oxygen atoms in total. The van der Waals surface area contributed by atoms with Crippen LogP contribution in [0, 0.1) is 18.8 Å². The monoisotopic (exact) mass is 287 g/mol. The van der Waals surface area contributed by atoms with E-state index in [1.54, 1.807) is 0 Å². The van der Waals surface area contributed by atoms with E-state index in [4.69, 9.17) is 5.11 Å². The van der Waals surface area contributed by atoms with Gasteiger partial charge in [-0.05, 0) is 50.2 Å². The van der Waals surface area contributed by atoms with Gasteiger partial charge in [-0.3, -0.25) is 9.59 Å². The Balaban J connectivity index is 1.64. The fourth-order valence-corrected chi connectivity index (χ4v) is 3.63. The van der Waals surface area contributed by atoms with Gasteiger partial charge < -0.3 is 10.4 Å². The summed E-state index contributed by atoms with van der Waals surface area (Å²) in [6.45, 7) is 2.08. The first-order valence-electron chi connectivity index (χ1n) is 7.67.